The lowest BCUT2D eigenvalue weighted by Gasteiger charge is -2.15. The van der Waals surface area contributed by atoms with Gasteiger partial charge in [0.05, 0.1) is 12.1 Å². The van der Waals surface area contributed by atoms with E-state index in [-0.39, 0.29) is 23.0 Å². The molecule has 1 atom stereocenters. The van der Waals surface area contributed by atoms with Crippen LogP contribution in [0.4, 0.5) is 20.2 Å². The lowest BCUT2D eigenvalue weighted by molar-refractivity contribution is 0.140. The van der Waals surface area contributed by atoms with E-state index in [1.54, 1.807) is 37.6 Å². The Labute approximate surface area is 168 Å². The van der Waals surface area contributed by atoms with Crippen molar-refractivity contribution in [2.45, 2.75) is 6.43 Å². The van der Waals surface area contributed by atoms with Crippen molar-refractivity contribution in [3.05, 3.63) is 41.3 Å². The number of alkyl halides is 2. The van der Waals surface area contributed by atoms with Gasteiger partial charge in [0.1, 0.15) is 17.8 Å². The largest absolute Gasteiger partial charge is 0.353 e. The number of anilines is 2. The van der Waals surface area contributed by atoms with E-state index in [0.29, 0.717) is 22.2 Å². The molecule has 11 heteroatoms. The van der Waals surface area contributed by atoms with Crippen LogP contribution in [-0.2, 0) is 4.57 Å². The summed E-state index contributed by atoms with van der Waals surface area (Å²) >= 11 is 8.10. The van der Waals surface area contributed by atoms with E-state index in [1.165, 1.54) is 10.4 Å². The number of hydrogen-bond donors (Lipinski definition) is 1. The van der Waals surface area contributed by atoms with Crippen LogP contribution in [0.25, 0.3) is 11.2 Å². The lowest BCUT2D eigenvalue weighted by atomic mass is 10.3. The van der Waals surface area contributed by atoms with Crippen LogP contribution in [0.5, 0.6) is 0 Å². The van der Waals surface area contributed by atoms with Crippen LogP contribution >= 0.6 is 47.2 Å². The van der Waals surface area contributed by atoms with Crippen molar-refractivity contribution in [1.29, 1.82) is 0 Å². The normalized spacial score (nSPS) is 12.6. The maximum atomic E-state index is 13.3. The molecule has 1 N–H and O–H groups in total. The zero-order valence-corrected chi connectivity index (χ0v) is 18.5. The summed E-state index contributed by atoms with van der Waals surface area (Å²) in [5.74, 6) is -0.351. The molecule has 0 spiro atoms. The van der Waals surface area contributed by atoms with Crippen molar-refractivity contribution in [3.8, 4) is 0 Å². The van der Waals surface area contributed by atoms with Gasteiger partial charge in [-0.05, 0) is 47.5 Å². The fourth-order valence-electron chi connectivity index (χ4n) is 2.55. The topological polar surface area (TPSA) is 59.8 Å². The van der Waals surface area contributed by atoms with Crippen LogP contribution in [0.2, 0.25) is 5.15 Å². The highest BCUT2D eigenvalue weighted by molar-refractivity contribution is 14.2. The molecule has 2 heterocycles. The van der Waals surface area contributed by atoms with Crippen LogP contribution in [-0.4, -0.2) is 27.6 Å². The molecule has 26 heavy (non-hydrogen) atoms. The molecule has 3 aromatic rings. The van der Waals surface area contributed by atoms with E-state index >= 15 is 0 Å². The Morgan fingerprint density at radius 1 is 1.27 bits per heavy atom. The van der Waals surface area contributed by atoms with Gasteiger partial charge in [0.2, 0.25) is 0 Å². The average Bonchev–Trinajstić information content (AvgIpc) is 2.93. The van der Waals surface area contributed by atoms with Gasteiger partial charge in [-0.15, -0.1) is 0 Å². The smallest absolute Gasteiger partial charge is 0.295 e. The molecule has 5 nitrogen and oxygen atoms in total. The number of fused-ring (bicyclic) bond motifs is 1. The number of rotatable bonds is 5. The number of nitrogens with zero attached hydrogens (tertiary/aromatic N) is 3. The highest BCUT2D eigenvalue weighted by Crippen LogP contribution is 2.40. The molecule has 0 saturated carbocycles. The third-order valence-corrected chi connectivity index (χ3v) is 7.44. The number of halogens is 4. The Balaban J connectivity index is 2.20. The number of nitrogens with one attached hydrogen (secondary N) is 1. The molecule has 0 fully saturated rings. The summed E-state index contributed by atoms with van der Waals surface area (Å²) in [5.41, 5.74) is 1.65. The highest BCUT2D eigenvalue weighted by atomic mass is 127. The quantitative estimate of drug-likeness (QED) is 0.258. The molecule has 0 saturated heterocycles. The Bertz CT molecular complexity index is 1020. The van der Waals surface area contributed by atoms with Crippen LogP contribution in [0.1, 0.15) is 12.2 Å². The molecule has 0 aliphatic heterocycles. The first-order valence-corrected chi connectivity index (χ1v) is 14.4. The molecule has 2 aromatic heterocycles. The van der Waals surface area contributed by atoms with E-state index in [0.717, 1.165) is 0 Å². The minimum Gasteiger partial charge on any atom is -0.353 e. The van der Waals surface area contributed by atoms with Crippen molar-refractivity contribution in [2.24, 2.45) is 0 Å². The molecule has 3 rings (SSSR count). The Hall–Kier alpha value is -0.820. The first-order valence-electron chi connectivity index (χ1n) is 7.37. The van der Waals surface area contributed by atoms with Gasteiger partial charge in [-0.25, -0.2) is 18.7 Å². The first-order chi connectivity index (χ1) is 12.2. The minimum atomic E-state index is -2.73. The first kappa shape index (κ1) is 19.9. The van der Waals surface area contributed by atoms with Crippen LogP contribution in [0.3, 0.4) is 0 Å². The fourth-order valence-corrected chi connectivity index (χ4v) is 5.79. The fraction of sp³-hybridized carbons (Fsp3) is 0.200. The molecule has 0 radical (unpaired) electrons. The predicted molar refractivity (Wildman–Crippen MR) is 114 cm³/mol. The van der Waals surface area contributed by atoms with Gasteiger partial charge in [0.15, 0.2) is 11.5 Å². The Morgan fingerprint density at radius 2 is 1.96 bits per heavy atom. The average molecular weight is 529 g/mol. The summed E-state index contributed by atoms with van der Waals surface area (Å²) in [6, 6.07) is 8.69. The van der Waals surface area contributed by atoms with Gasteiger partial charge in [0, 0.05) is 17.1 Å². The maximum absolute atomic E-state index is 13.3. The summed E-state index contributed by atoms with van der Waals surface area (Å²) < 4.78 is 40.6. The number of hydrogen-bond acceptors (Lipinski definition) is 4. The molecular formula is C15H14ClF2IN4OP2. The summed E-state index contributed by atoms with van der Waals surface area (Å²) in [6.45, 7) is 3.34. The summed E-state index contributed by atoms with van der Waals surface area (Å²) in [6.07, 6.45) is -2.73. The Kier molecular flexibility index (Phi) is 5.87. The second-order valence-electron chi connectivity index (χ2n) is 5.85. The van der Waals surface area contributed by atoms with Crippen molar-refractivity contribution in [2.75, 3.05) is 18.6 Å². The SMILES string of the molecule is CP(C)(=O)c1ccccc1Nc1cc(Cl)nc2c1nc(C(F)F)n2PI. The number of aromatic nitrogens is 3. The van der Waals surface area contributed by atoms with Crippen LogP contribution < -0.4 is 10.6 Å². The molecular weight excluding hydrogens is 514 g/mol. The van der Waals surface area contributed by atoms with Gasteiger partial charge in [-0.2, -0.15) is 0 Å². The van der Waals surface area contributed by atoms with E-state index in [2.05, 4.69) is 15.3 Å². The molecule has 0 aliphatic carbocycles. The third kappa shape index (κ3) is 3.88. The second kappa shape index (κ2) is 7.66. The summed E-state index contributed by atoms with van der Waals surface area (Å²) in [7, 11) is -2.55. The van der Waals surface area contributed by atoms with Gasteiger partial charge in [-0.3, -0.25) is 4.34 Å². The Morgan fingerprint density at radius 3 is 2.58 bits per heavy atom. The molecule has 0 amide bonds. The summed E-state index contributed by atoms with van der Waals surface area (Å²) in [5, 5.41) is 3.97. The summed E-state index contributed by atoms with van der Waals surface area (Å²) in [4.78, 5) is 8.24. The third-order valence-electron chi connectivity index (χ3n) is 3.64. The van der Waals surface area contributed by atoms with Crippen LogP contribution in [0, 0.1) is 0 Å². The van der Waals surface area contributed by atoms with Gasteiger partial charge in [-0.1, -0.05) is 23.7 Å². The molecule has 1 unspecified atom stereocenters. The van der Waals surface area contributed by atoms with E-state index in [1.807, 2.05) is 22.0 Å². The van der Waals surface area contributed by atoms with Crippen LogP contribution in [0.15, 0.2) is 30.3 Å². The maximum Gasteiger partial charge on any atom is 0.295 e. The van der Waals surface area contributed by atoms with Crippen molar-refractivity contribution in [3.63, 3.8) is 0 Å². The zero-order valence-electron chi connectivity index (χ0n) is 13.7. The molecule has 0 aliphatic rings. The van der Waals surface area contributed by atoms with E-state index in [4.69, 9.17) is 11.6 Å². The van der Waals surface area contributed by atoms with Gasteiger partial charge < -0.3 is 9.88 Å². The highest BCUT2D eigenvalue weighted by Gasteiger charge is 2.23. The molecule has 1 aromatic carbocycles. The van der Waals surface area contributed by atoms with Crippen molar-refractivity contribution >= 4 is 75.0 Å². The second-order valence-corrected chi connectivity index (χ2v) is 11.5. The number of para-hydroxylation sites is 1. The van der Waals surface area contributed by atoms with Crippen molar-refractivity contribution in [1.82, 2.24) is 14.3 Å². The predicted octanol–water partition coefficient (Wildman–Crippen LogP) is 5.81. The standard InChI is InChI=1S/C15H14ClF2IN4OP2/c1-26(2,24)10-6-4-3-5-8(10)20-9-7-11(16)21-14-12(9)22-15(13(17)18)23(14)25-19/h3-7,13,25H,1-2H3,(H,20,21). The lowest BCUT2D eigenvalue weighted by Crippen LogP contribution is -2.09. The van der Waals surface area contributed by atoms with Crippen molar-refractivity contribution < 1.29 is 13.3 Å². The molecule has 0 bridgehead atoms. The molecule has 138 valence electrons. The number of imidazole rings is 1. The van der Waals surface area contributed by atoms with Gasteiger partial charge in [0.25, 0.3) is 6.43 Å². The van der Waals surface area contributed by atoms with E-state index < -0.39 is 13.6 Å². The van der Waals surface area contributed by atoms with Gasteiger partial charge >= 0.3 is 0 Å². The monoisotopic (exact) mass is 528 g/mol. The minimum absolute atomic E-state index is 0.000131. The number of pyridine rings is 1. The number of benzene rings is 1. The zero-order chi connectivity index (χ0) is 19.1. The van der Waals surface area contributed by atoms with E-state index in [9.17, 15) is 13.3 Å².